The predicted molar refractivity (Wildman–Crippen MR) is 246 cm³/mol. The topological polar surface area (TPSA) is 146 Å². The standard InChI is InChI=1S/C42H54IN3O10S2.C2H6/c1-22-16-27-10-9-13-46(30(20-57)35(44-6)34(27)40(36(22)51-8)52-14-15-58-43)29(33-23(2)37(56-25(4)47)24(3)38-39(33)55-21-54-38)19-53-41(49)42(5)28-18-32(50-7)31(48)17-26(28)11-12-45-42;1-2/h16-18,29-30,35,44-45,48,57H,9-15,19-21H2,1-8H3;1-2H3/t29?,30?,35-,42+;/m0./s1. The van der Waals surface area contributed by atoms with E-state index < -0.39 is 23.5 Å². The first-order valence-electron chi connectivity index (χ1n) is 20.4. The van der Waals surface area contributed by atoms with Crippen LogP contribution < -0.4 is 39.1 Å². The van der Waals surface area contributed by atoms with E-state index in [0.717, 1.165) is 35.3 Å². The lowest BCUT2D eigenvalue weighted by Gasteiger charge is -2.44. The molecule has 2 unspecified atom stereocenters. The number of hydrogen-bond donors (Lipinski definition) is 4. The van der Waals surface area contributed by atoms with E-state index in [1.807, 2.05) is 41.7 Å². The zero-order chi connectivity index (χ0) is 43.9. The highest BCUT2D eigenvalue weighted by molar-refractivity contribution is 14.2. The van der Waals surface area contributed by atoms with E-state index >= 15 is 0 Å². The van der Waals surface area contributed by atoms with Crippen molar-refractivity contribution in [2.24, 2.45) is 0 Å². The number of methoxy groups -OCH3 is 2. The van der Waals surface area contributed by atoms with Crippen LogP contribution in [0.25, 0.3) is 0 Å². The number of rotatable bonds is 14. The van der Waals surface area contributed by atoms with E-state index in [4.69, 9.17) is 45.8 Å². The molecule has 0 bridgehead atoms. The van der Waals surface area contributed by atoms with Crippen LogP contribution in [0.1, 0.15) is 90.7 Å². The summed E-state index contributed by atoms with van der Waals surface area (Å²) < 4.78 is 42.7. The number of hydrogen-bond acceptors (Lipinski definition) is 15. The van der Waals surface area contributed by atoms with Crippen LogP contribution >= 0.6 is 42.8 Å². The molecule has 3 aliphatic rings. The first-order chi connectivity index (χ1) is 28.8. The fraction of sp³-hybridized carbons (Fsp3) is 0.545. The molecule has 3 aromatic carbocycles. The quantitative estimate of drug-likeness (QED) is 0.0413. The Kier molecular flexibility index (Phi) is 16.9. The summed E-state index contributed by atoms with van der Waals surface area (Å²) in [5.74, 6) is 3.26. The second-order valence-corrected chi connectivity index (χ2v) is 17.8. The molecule has 4 atom stereocenters. The summed E-state index contributed by atoms with van der Waals surface area (Å²) in [5.41, 5.74) is 5.41. The highest BCUT2D eigenvalue weighted by Crippen LogP contribution is 2.52. The van der Waals surface area contributed by atoms with Crippen molar-refractivity contribution in [3.63, 3.8) is 0 Å². The number of carbonyl (C=O) groups excluding carboxylic acids is 2. The summed E-state index contributed by atoms with van der Waals surface area (Å²) >= 11 is 7.30. The van der Waals surface area contributed by atoms with Crippen LogP contribution in [0, 0.1) is 20.8 Å². The molecule has 0 spiro atoms. The van der Waals surface area contributed by atoms with Gasteiger partial charge in [-0.15, -0.1) is 0 Å². The second kappa shape index (κ2) is 21.2. The average molecular weight is 982 g/mol. The lowest BCUT2D eigenvalue weighted by atomic mass is 9.83. The van der Waals surface area contributed by atoms with Gasteiger partial charge in [-0.05, 0) is 116 Å². The normalized spacial score (nSPS) is 20.0. The molecule has 0 radical (unpaired) electrons. The van der Waals surface area contributed by atoms with E-state index in [-0.39, 0.29) is 37.0 Å². The molecule has 6 rings (SSSR count). The Labute approximate surface area is 376 Å². The Balaban J connectivity index is 0.00000336. The second-order valence-electron chi connectivity index (χ2n) is 14.9. The number of fused-ring (bicyclic) bond motifs is 3. The Morgan fingerprint density at radius 1 is 1.07 bits per heavy atom. The number of aryl methyl sites for hydroxylation is 2. The van der Waals surface area contributed by atoms with E-state index in [1.165, 1.54) is 19.6 Å². The molecule has 0 aromatic heterocycles. The van der Waals surface area contributed by atoms with Crippen molar-refractivity contribution < 1.29 is 47.9 Å². The van der Waals surface area contributed by atoms with Crippen LogP contribution in [0.15, 0.2) is 18.2 Å². The zero-order valence-corrected chi connectivity index (χ0v) is 40.2. The monoisotopic (exact) mass is 981 g/mol. The van der Waals surface area contributed by atoms with Gasteiger partial charge in [-0.3, -0.25) is 15.0 Å². The molecule has 330 valence electrons. The van der Waals surface area contributed by atoms with Gasteiger partial charge in [-0.2, -0.15) is 12.6 Å². The molecule has 16 heteroatoms. The zero-order valence-electron chi connectivity index (χ0n) is 36.3. The number of thiol groups is 1. The predicted octanol–water partition coefficient (Wildman–Crippen LogP) is 7.63. The number of nitrogens with zero attached hydrogens (tertiary/aromatic N) is 1. The van der Waals surface area contributed by atoms with Gasteiger partial charge in [0.1, 0.15) is 17.9 Å². The molecular weight excluding hydrogens is 922 g/mol. The summed E-state index contributed by atoms with van der Waals surface area (Å²) in [6, 6.07) is 4.31. The molecule has 13 nitrogen and oxygen atoms in total. The van der Waals surface area contributed by atoms with Crippen molar-refractivity contribution in [2.75, 3.05) is 65.9 Å². The van der Waals surface area contributed by atoms with Gasteiger partial charge in [0.25, 0.3) is 0 Å². The molecule has 0 saturated carbocycles. The molecule has 60 heavy (non-hydrogen) atoms. The van der Waals surface area contributed by atoms with Crippen LogP contribution in [-0.2, 0) is 32.7 Å². The van der Waals surface area contributed by atoms with E-state index in [1.54, 1.807) is 35.1 Å². The number of phenolic OH excluding ortho intramolecular Hbond substituents is 1. The van der Waals surface area contributed by atoms with Crippen LogP contribution in [0.5, 0.6) is 40.2 Å². The number of phenols is 1. The minimum atomic E-state index is -1.26. The lowest BCUT2D eigenvalue weighted by Crippen LogP contribution is -2.53. The highest BCUT2D eigenvalue weighted by atomic mass is 127. The van der Waals surface area contributed by atoms with Crippen molar-refractivity contribution in [3.05, 3.63) is 62.7 Å². The molecule has 0 amide bonds. The largest absolute Gasteiger partial charge is 0.504 e. The number of ether oxygens (including phenoxy) is 7. The minimum Gasteiger partial charge on any atom is -0.504 e. The first-order valence-corrected chi connectivity index (χ1v) is 24.5. The third-order valence-corrected chi connectivity index (χ3v) is 13.5. The SMILES string of the molecule is CC.CN[C@@H]1c2c(cc(C)c(OC)c2OCCSI)CCCN(C(COC(=O)[C@]2(C)NCCc3cc(O)c(OC)cc32)c2c(C)c(OC(C)=O)c(C)c3c2OCO3)C1CS. The number of likely N-dealkylation sites (N-methyl/N-ethyl adjacent to an activating group) is 1. The highest BCUT2D eigenvalue weighted by Gasteiger charge is 2.45. The van der Waals surface area contributed by atoms with Crippen LogP contribution in [-0.4, -0.2) is 93.9 Å². The summed E-state index contributed by atoms with van der Waals surface area (Å²) in [5, 5.41) is 17.6. The summed E-state index contributed by atoms with van der Waals surface area (Å²) in [6.45, 7) is 14.4. The van der Waals surface area contributed by atoms with Gasteiger partial charge in [0.15, 0.2) is 34.5 Å². The van der Waals surface area contributed by atoms with Crippen molar-refractivity contribution in [2.45, 2.75) is 91.4 Å². The Morgan fingerprint density at radius 3 is 2.45 bits per heavy atom. The average Bonchev–Trinajstić information content (AvgIpc) is 3.72. The Morgan fingerprint density at radius 2 is 1.80 bits per heavy atom. The molecule has 3 N–H and O–H groups in total. The van der Waals surface area contributed by atoms with E-state index in [9.17, 15) is 14.7 Å². The molecule has 0 saturated heterocycles. The minimum absolute atomic E-state index is 0.00853. The van der Waals surface area contributed by atoms with Gasteiger partial charge in [0.05, 0.1) is 32.9 Å². The van der Waals surface area contributed by atoms with Gasteiger partial charge in [-0.25, -0.2) is 4.79 Å². The van der Waals surface area contributed by atoms with E-state index in [0.29, 0.717) is 82.9 Å². The van der Waals surface area contributed by atoms with Crippen LogP contribution in [0.3, 0.4) is 0 Å². The lowest BCUT2D eigenvalue weighted by molar-refractivity contribution is -0.154. The molecule has 0 fully saturated rings. The Hall–Kier alpha value is -3.29. The fourth-order valence-corrected chi connectivity index (χ4v) is 9.96. The number of benzene rings is 3. The fourth-order valence-electron chi connectivity index (χ4n) is 8.86. The van der Waals surface area contributed by atoms with Crippen molar-refractivity contribution >= 4 is 54.7 Å². The maximum Gasteiger partial charge on any atom is 0.330 e. The third kappa shape index (κ3) is 9.38. The number of esters is 2. The smallest absolute Gasteiger partial charge is 0.330 e. The number of halogens is 1. The van der Waals surface area contributed by atoms with Gasteiger partial charge >= 0.3 is 11.9 Å². The third-order valence-electron chi connectivity index (χ3n) is 11.5. The van der Waals surface area contributed by atoms with Crippen molar-refractivity contribution in [1.82, 2.24) is 15.5 Å². The molecule has 3 aromatic rings. The summed E-state index contributed by atoms with van der Waals surface area (Å²) in [7, 11) is 6.76. The molecular formula is C44H60IN3O10S2. The van der Waals surface area contributed by atoms with Crippen LogP contribution in [0.2, 0.25) is 0 Å². The van der Waals surface area contributed by atoms with Gasteiger partial charge < -0.3 is 43.6 Å². The van der Waals surface area contributed by atoms with Crippen molar-refractivity contribution in [3.8, 4) is 40.2 Å². The van der Waals surface area contributed by atoms with Gasteiger partial charge in [0.2, 0.25) is 6.79 Å². The van der Waals surface area contributed by atoms with Gasteiger partial charge in [0, 0.05) is 53.3 Å². The molecule has 0 aliphatic carbocycles. The van der Waals surface area contributed by atoms with Crippen LogP contribution in [0.4, 0.5) is 0 Å². The maximum atomic E-state index is 14.6. The molecule has 3 heterocycles. The van der Waals surface area contributed by atoms with Crippen molar-refractivity contribution in [1.29, 1.82) is 0 Å². The number of aromatic hydroxyl groups is 1. The number of nitrogens with one attached hydrogen (secondary N) is 2. The summed E-state index contributed by atoms with van der Waals surface area (Å²) in [6.07, 6.45) is 2.11. The molecule has 3 aliphatic heterocycles. The first kappa shape index (κ1) is 47.8. The van der Waals surface area contributed by atoms with E-state index in [2.05, 4.69) is 42.8 Å². The Bertz CT molecular complexity index is 2040. The summed E-state index contributed by atoms with van der Waals surface area (Å²) in [4.78, 5) is 29.5. The number of carbonyl (C=O) groups is 2. The van der Waals surface area contributed by atoms with Gasteiger partial charge in [-0.1, -0.05) is 28.8 Å². The maximum absolute atomic E-state index is 14.6.